The van der Waals surface area contributed by atoms with Crippen LogP contribution in [0.3, 0.4) is 0 Å². The average Bonchev–Trinajstić information content (AvgIpc) is 2.78. The molecule has 1 aromatic rings. The number of likely N-dealkylation sites (tertiary alicyclic amines) is 1. The Balaban J connectivity index is 1.61. The van der Waals surface area contributed by atoms with Gasteiger partial charge in [0.25, 0.3) is 0 Å². The van der Waals surface area contributed by atoms with Gasteiger partial charge in [0.1, 0.15) is 11.6 Å². The SMILES string of the molecule is CC(C)(C)OC(=O)NC(CO)C(=O)NC1CCC(c2ccccc2)(N2CCCCC2)CC1. The van der Waals surface area contributed by atoms with E-state index >= 15 is 0 Å². The number of nitrogens with one attached hydrogen (secondary N) is 2. The highest BCUT2D eigenvalue weighted by atomic mass is 16.6. The highest BCUT2D eigenvalue weighted by Gasteiger charge is 2.42. The van der Waals surface area contributed by atoms with Gasteiger partial charge in [0.05, 0.1) is 6.61 Å². The van der Waals surface area contributed by atoms with Crippen molar-refractivity contribution < 1.29 is 19.4 Å². The van der Waals surface area contributed by atoms with Crippen LogP contribution in [0.2, 0.25) is 0 Å². The first-order valence-electron chi connectivity index (χ1n) is 11.9. The number of hydrogen-bond donors (Lipinski definition) is 3. The molecule has 0 bridgehead atoms. The number of hydrogen-bond acceptors (Lipinski definition) is 5. The first-order valence-corrected chi connectivity index (χ1v) is 11.9. The maximum atomic E-state index is 12.7. The number of nitrogens with zero attached hydrogens (tertiary/aromatic N) is 1. The van der Waals surface area contributed by atoms with E-state index < -0.39 is 24.3 Å². The van der Waals surface area contributed by atoms with Crippen molar-refractivity contribution in [2.24, 2.45) is 0 Å². The summed E-state index contributed by atoms with van der Waals surface area (Å²) in [5.41, 5.74) is 0.722. The Labute approximate surface area is 191 Å². The topological polar surface area (TPSA) is 90.9 Å². The summed E-state index contributed by atoms with van der Waals surface area (Å²) in [7, 11) is 0. The number of alkyl carbamates (subject to hydrolysis) is 1. The summed E-state index contributed by atoms with van der Waals surface area (Å²) in [5, 5.41) is 15.2. The summed E-state index contributed by atoms with van der Waals surface area (Å²) >= 11 is 0. The van der Waals surface area contributed by atoms with E-state index in [1.807, 2.05) is 0 Å². The second kappa shape index (κ2) is 10.7. The van der Waals surface area contributed by atoms with Crippen molar-refractivity contribution in [3.8, 4) is 0 Å². The van der Waals surface area contributed by atoms with E-state index in [9.17, 15) is 14.7 Å². The van der Waals surface area contributed by atoms with E-state index in [2.05, 4.69) is 45.9 Å². The van der Waals surface area contributed by atoms with Crippen LogP contribution in [0.4, 0.5) is 4.79 Å². The lowest BCUT2D eigenvalue weighted by molar-refractivity contribution is -0.125. The summed E-state index contributed by atoms with van der Waals surface area (Å²) in [6.45, 7) is 7.04. The zero-order valence-corrected chi connectivity index (χ0v) is 19.7. The molecule has 1 aliphatic carbocycles. The second-order valence-corrected chi connectivity index (χ2v) is 10.1. The molecule has 7 heteroatoms. The lowest BCUT2D eigenvalue weighted by atomic mass is 9.73. The number of rotatable bonds is 6. The van der Waals surface area contributed by atoms with Gasteiger partial charge in [-0.05, 0) is 77.9 Å². The van der Waals surface area contributed by atoms with Gasteiger partial charge < -0.3 is 20.5 Å². The molecule has 1 atom stereocenters. The highest BCUT2D eigenvalue weighted by Crippen LogP contribution is 2.43. The Hall–Kier alpha value is -2.12. The third-order valence-corrected chi connectivity index (χ3v) is 6.62. The molecule has 2 amide bonds. The van der Waals surface area contributed by atoms with Gasteiger partial charge in [-0.25, -0.2) is 4.79 Å². The van der Waals surface area contributed by atoms with Gasteiger partial charge in [0.2, 0.25) is 5.91 Å². The van der Waals surface area contributed by atoms with Crippen molar-refractivity contribution in [2.75, 3.05) is 19.7 Å². The summed E-state index contributed by atoms with van der Waals surface area (Å²) in [5.74, 6) is -0.367. The molecule has 0 spiro atoms. The molecule has 1 aliphatic heterocycles. The van der Waals surface area contributed by atoms with Crippen LogP contribution < -0.4 is 10.6 Å². The Morgan fingerprint density at radius 2 is 1.75 bits per heavy atom. The average molecular weight is 446 g/mol. The third-order valence-electron chi connectivity index (χ3n) is 6.62. The number of aliphatic hydroxyl groups excluding tert-OH is 1. The maximum Gasteiger partial charge on any atom is 0.408 e. The van der Waals surface area contributed by atoms with Gasteiger partial charge in [-0.15, -0.1) is 0 Å². The lowest BCUT2D eigenvalue weighted by Gasteiger charge is -2.50. The van der Waals surface area contributed by atoms with Crippen LogP contribution in [0.5, 0.6) is 0 Å². The number of benzene rings is 1. The van der Waals surface area contributed by atoms with Gasteiger partial charge in [-0.1, -0.05) is 36.8 Å². The summed E-state index contributed by atoms with van der Waals surface area (Å²) in [6, 6.07) is 9.77. The van der Waals surface area contributed by atoms with E-state index in [-0.39, 0.29) is 17.5 Å². The highest BCUT2D eigenvalue weighted by molar-refractivity contribution is 5.86. The van der Waals surface area contributed by atoms with Crippen molar-refractivity contribution in [2.45, 2.75) is 88.9 Å². The van der Waals surface area contributed by atoms with Crippen LogP contribution >= 0.6 is 0 Å². The standard InChI is InChI=1S/C25H39N3O4/c1-24(2,3)32-23(31)27-21(18-29)22(30)26-20-12-14-25(15-13-20,19-10-6-4-7-11-19)28-16-8-5-9-17-28/h4,6-7,10-11,20-21,29H,5,8-9,12-18H2,1-3H3,(H,26,30)(H,27,31). The Morgan fingerprint density at radius 1 is 1.12 bits per heavy atom. The summed E-state index contributed by atoms with van der Waals surface area (Å²) in [4.78, 5) is 27.4. The first-order chi connectivity index (χ1) is 15.2. The van der Waals surface area contributed by atoms with Crippen molar-refractivity contribution in [1.29, 1.82) is 0 Å². The predicted molar refractivity (Wildman–Crippen MR) is 124 cm³/mol. The molecule has 1 saturated carbocycles. The molecule has 1 aromatic carbocycles. The van der Waals surface area contributed by atoms with Crippen LogP contribution in [-0.4, -0.2) is 59.4 Å². The van der Waals surface area contributed by atoms with E-state index in [1.54, 1.807) is 20.8 Å². The molecule has 2 fully saturated rings. The fraction of sp³-hybridized carbons (Fsp3) is 0.680. The monoisotopic (exact) mass is 445 g/mol. The zero-order valence-electron chi connectivity index (χ0n) is 19.7. The van der Waals surface area contributed by atoms with Crippen molar-refractivity contribution in [3.05, 3.63) is 35.9 Å². The van der Waals surface area contributed by atoms with Crippen LogP contribution in [0.25, 0.3) is 0 Å². The molecule has 1 saturated heterocycles. The van der Waals surface area contributed by atoms with Crippen molar-refractivity contribution in [3.63, 3.8) is 0 Å². The molecule has 178 valence electrons. The third kappa shape index (κ3) is 6.23. The summed E-state index contributed by atoms with van der Waals surface area (Å²) in [6.07, 6.45) is 6.75. The lowest BCUT2D eigenvalue weighted by Crippen LogP contribution is -2.55. The minimum atomic E-state index is -1.02. The van der Waals surface area contributed by atoms with Crippen LogP contribution in [-0.2, 0) is 15.1 Å². The molecular weight excluding hydrogens is 406 g/mol. The van der Waals surface area contributed by atoms with Crippen molar-refractivity contribution in [1.82, 2.24) is 15.5 Å². The molecule has 3 rings (SSSR count). The van der Waals surface area contributed by atoms with Gasteiger partial charge >= 0.3 is 6.09 Å². The molecule has 7 nitrogen and oxygen atoms in total. The van der Waals surface area contributed by atoms with Gasteiger partial charge in [0.15, 0.2) is 0 Å². The van der Waals surface area contributed by atoms with E-state index in [4.69, 9.17) is 4.74 Å². The molecule has 3 N–H and O–H groups in total. The van der Waals surface area contributed by atoms with Gasteiger partial charge in [-0.2, -0.15) is 0 Å². The Morgan fingerprint density at radius 3 is 2.31 bits per heavy atom. The fourth-order valence-corrected chi connectivity index (χ4v) is 5.04. The van der Waals surface area contributed by atoms with Gasteiger partial charge in [0, 0.05) is 11.6 Å². The number of amides is 2. The first kappa shape index (κ1) is 24.5. The molecule has 0 aromatic heterocycles. The Kier molecular flexibility index (Phi) is 8.17. The smallest absolute Gasteiger partial charge is 0.408 e. The quantitative estimate of drug-likeness (QED) is 0.625. The molecule has 1 unspecified atom stereocenters. The second-order valence-electron chi connectivity index (χ2n) is 10.1. The number of aliphatic hydroxyl groups is 1. The number of carbonyl (C=O) groups excluding carboxylic acids is 2. The molecule has 32 heavy (non-hydrogen) atoms. The van der Waals surface area contributed by atoms with E-state index in [0.717, 1.165) is 38.8 Å². The predicted octanol–water partition coefficient (Wildman–Crippen LogP) is 3.31. The van der Waals surface area contributed by atoms with Crippen LogP contribution in [0.1, 0.15) is 71.3 Å². The summed E-state index contributed by atoms with van der Waals surface area (Å²) < 4.78 is 5.21. The van der Waals surface area contributed by atoms with Crippen LogP contribution in [0, 0.1) is 0 Å². The number of carbonyl (C=O) groups is 2. The zero-order chi connectivity index (χ0) is 23.2. The number of ether oxygens (including phenoxy) is 1. The maximum absolute atomic E-state index is 12.7. The van der Waals surface area contributed by atoms with Gasteiger partial charge in [-0.3, -0.25) is 9.69 Å². The molecule has 1 heterocycles. The van der Waals surface area contributed by atoms with Crippen LogP contribution in [0.15, 0.2) is 30.3 Å². The van der Waals surface area contributed by atoms with Crippen molar-refractivity contribution >= 4 is 12.0 Å². The minimum Gasteiger partial charge on any atom is -0.444 e. The molecule has 2 aliphatic rings. The van der Waals surface area contributed by atoms with E-state index in [1.165, 1.54) is 24.8 Å². The normalized spacial score (nSPS) is 25.6. The molecular formula is C25H39N3O4. The largest absolute Gasteiger partial charge is 0.444 e. The van der Waals surface area contributed by atoms with E-state index in [0.29, 0.717) is 0 Å². The molecule has 0 radical (unpaired) electrons. The Bertz CT molecular complexity index is 748. The fourth-order valence-electron chi connectivity index (χ4n) is 5.04. The minimum absolute atomic E-state index is 0.0219. The number of piperidine rings is 1.